The number of hydrogen-bond acceptors (Lipinski definition) is 5. The van der Waals surface area contributed by atoms with Crippen molar-refractivity contribution >= 4 is 17.5 Å². The molecule has 25 heavy (non-hydrogen) atoms. The molecule has 0 bridgehead atoms. The van der Waals surface area contributed by atoms with Gasteiger partial charge in [-0.15, -0.1) is 0 Å². The molecule has 0 unspecified atom stereocenters. The van der Waals surface area contributed by atoms with E-state index in [1.165, 1.54) is 0 Å². The van der Waals surface area contributed by atoms with Crippen LogP contribution in [0.3, 0.4) is 0 Å². The first-order chi connectivity index (χ1) is 12.2. The number of carbonyl (C=O) groups is 2. The lowest BCUT2D eigenvalue weighted by Gasteiger charge is -2.26. The second kappa shape index (κ2) is 6.46. The van der Waals surface area contributed by atoms with E-state index in [0.717, 1.165) is 11.5 Å². The highest BCUT2D eigenvalue weighted by molar-refractivity contribution is 5.98. The van der Waals surface area contributed by atoms with E-state index in [0.29, 0.717) is 31.7 Å². The minimum Gasteiger partial charge on any atom is -0.486 e. The van der Waals surface area contributed by atoms with Crippen LogP contribution in [0.25, 0.3) is 0 Å². The standard InChI is InChI=1S/C17H18N4O4/c22-16-6-5-13(20-16)17(23)19-11-7-18-21(8-11)9-12-10-24-14-3-1-2-4-15(14)25-12/h1-4,7-8,12-13H,5-6,9-10H2,(H,19,23)(H,20,22)/t12-,13-/m0/s1. The highest BCUT2D eigenvalue weighted by Gasteiger charge is 2.27. The predicted molar refractivity (Wildman–Crippen MR) is 88.4 cm³/mol. The average Bonchev–Trinajstić information content (AvgIpc) is 3.24. The fourth-order valence-electron chi connectivity index (χ4n) is 2.93. The Morgan fingerprint density at radius 3 is 3.00 bits per heavy atom. The topological polar surface area (TPSA) is 94.5 Å². The molecule has 0 aliphatic carbocycles. The summed E-state index contributed by atoms with van der Waals surface area (Å²) in [6, 6.07) is 7.06. The fraction of sp³-hybridized carbons (Fsp3) is 0.353. The number of benzene rings is 1. The molecule has 4 rings (SSSR count). The zero-order valence-electron chi connectivity index (χ0n) is 13.5. The Bertz CT molecular complexity index is 803. The zero-order valence-corrected chi connectivity index (χ0v) is 13.5. The molecule has 8 nitrogen and oxygen atoms in total. The molecule has 2 aromatic rings. The van der Waals surface area contributed by atoms with Crippen LogP contribution in [-0.4, -0.2) is 40.3 Å². The number of anilines is 1. The predicted octanol–water partition coefficient (Wildman–Crippen LogP) is 0.940. The van der Waals surface area contributed by atoms with Crippen LogP contribution in [0.4, 0.5) is 5.69 Å². The number of hydrogen-bond donors (Lipinski definition) is 2. The van der Waals surface area contributed by atoms with E-state index < -0.39 is 6.04 Å². The average molecular weight is 342 g/mol. The Balaban J connectivity index is 1.34. The Labute approximate surface area is 144 Å². The number of rotatable bonds is 4. The molecule has 2 N–H and O–H groups in total. The van der Waals surface area contributed by atoms with E-state index in [-0.39, 0.29) is 17.9 Å². The number of ether oxygens (including phenoxy) is 2. The summed E-state index contributed by atoms with van der Waals surface area (Å²) >= 11 is 0. The number of aromatic nitrogens is 2. The van der Waals surface area contributed by atoms with Gasteiger partial charge in [0.1, 0.15) is 12.6 Å². The van der Waals surface area contributed by atoms with Crippen LogP contribution in [-0.2, 0) is 16.1 Å². The van der Waals surface area contributed by atoms with Gasteiger partial charge in [-0.3, -0.25) is 14.3 Å². The molecule has 1 fully saturated rings. The van der Waals surface area contributed by atoms with E-state index in [1.54, 1.807) is 17.1 Å². The third-order valence-corrected chi connectivity index (χ3v) is 4.17. The van der Waals surface area contributed by atoms with Crippen molar-refractivity contribution in [2.75, 3.05) is 11.9 Å². The maximum Gasteiger partial charge on any atom is 0.247 e. The van der Waals surface area contributed by atoms with Crippen LogP contribution in [0.1, 0.15) is 12.8 Å². The van der Waals surface area contributed by atoms with Gasteiger partial charge in [-0.25, -0.2) is 0 Å². The van der Waals surface area contributed by atoms with E-state index in [9.17, 15) is 9.59 Å². The fourth-order valence-corrected chi connectivity index (χ4v) is 2.93. The van der Waals surface area contributed by atoms with Crippen LogP contribution >= 0.6 is 0 Å². The Kier molecular flexibility index (Phi) is 4.01. The van der Waals surface area contributed by atoms with Crippen molar-refractivity contribution < 1.29 is 19.1 Å². The first-order valence-corrected chi connectivity index (χ1v) is 8.18. The Morgan fingerprint density at radius 2 is 2.20 bits per heavy atom. The first kappa shape index (κ1) is 15.5. The van der Waals surface area contributed by atoms with E-state index in [4.69, 9.17) is 9.47 Å². The van der Waals surface area contributed by atoms with Gasteiger partial charge in [-0.1, -0.05) is 12.1 Å². The molecule has 8 heteroatoms. The van der Waals surface area contributed by atoms with Crippen molar-refractivity contribution in [2.24, 2.45) is 0 Å². The molecule has 1 saturated heterocycles. The van der Waals surface area contributed by atoms with Crippen LogP contribution < -0.4 is 20.1 Å². The third-order valence-electron chi connectivity index (χ3n) is 4.17. The summed E-state index contributed by atoms with van der Waals surface area (Å²) in [7, 11) is 0. The highest BCUT2D eigenvalue weighted by Crippen LogP contribution is 2.31. The van der Waals surface area contributed by atoms with Crippen molar-refractivity contribution in [3.63, 3.8) is 0 Å². The van der Waals surface area contributed by atoms with E-state index >= 15 is 0 Å². The minimum absolute atomic E-state index is 0.0921. The largest absolute Gasteiger partial charge is 0.486 e. The number of fused-ring (bicyclic) bond motifs is 1. The van der Waals surface area contributed by atoms with Gasteiger partial charge >= 0.3 is 0 Å². The summed E-state index contributed by atoms with van der Waals surface area (Å²) in [4.78, 5) is 23.3. The summed E-state index contributed by atoms with van der Waals surface area (Å²) in [6.07, 6.45) is 4.06. The molecule has 2 amide bonds. The van der Waals surface area contributed by atoms with Gasteiger partial charge in [0.05, 0.1) is 18.4 Å². The maximum atomic E-state index is 12.1. The van der Waals surface area contributed by atoms with Crippen molar-refractivity contribution in [3.8, 4) is 11.5 Å². The van der Waals surface area contributed by atoms with Gasteiger partial charge in [-0.05, 0) is 18.6 Å². The van der Waals surface area contributed by atoms with Crippen molar-refractivity contribution in [1.82, 2.24) is 15.1 Å². The first-order valence-electron chi connectivity index (χ1n) is 8.18. The molecule has 0 saturated carbocycles. The normalized spacial score (nSPS) is 21.7. The Morgan fingerprint density at radius 1 is 1.36 bits per heavy atom. The lowest BCUT2D eigenvalue weighted by Crippen LogP contribution is -2.37. The van der Waals surface area contributed by atoms with Crippen molar-refractivity contribution in [1.29, 1.82) is 0 Å². The van der Waals surface area contributed by atoms with Crippen LogP contribution in [0.15, 0.2) is 36.7 Å². The lowest BCUT2D eigenvalue weighted by molar-refractivity contribution is -0.122. The quantitative estimate of drug-likeness (QED) is 0.862. The summed E-state index contributed by atoms with van der Waals surface area (Å²) < 4.78 is 13.3. The second-order valence-corrected chi connectivity index (χ2v) is 6.10. The van der Waals surface area contributed by atoms with Gasteiger partial charge in [0.15, 0.2) is 17.6 Å². The SMILES string of the molecule is O=C1CC[C@@H](C(=O)Nc2cnn(C[C@H]3COc4ccccc4O3)c2)N1. The van der Waals surface area contributed by atoms with E-state index in [1.807, 2.05) is 24.3 Å². The molecule has 2 atom stereocenters. The molecule has 1 aromatic carbocycles. The molecule has 130 valence electrons. The van der Waals surface area contributed by atoms with Crippen LogP contribution in [0.5, 0.6) is 11.5 Å². The molecule has 1 aromatic heterocycles. The smallest absolute Gasteiger partial charge is 0.247 e. The number of carbonyl (C=O) groups excluding carboxylic acids is 2. The molecular formula is C17H18N4O4. The van der Waals surface area contributed by atoms with Gasteiger partial charge in [0.25, 0.3) is 0 Å². The summed E-state index contributed by atoms with van der Waals surface area (Å²) in [5.74, 6) is 1.14. The van der Waals surface area contributed by atoms with Gasteiger partial charge in [0, 0.05) is 12.6 Å². The Hall–Kier alpha value is -3.03. The number of nitrogens with zero attached hydrogens (tertiary/aromatic N) is 2. The molecule has 2 aliphatic heterocycles. The van der Waals surface area contributed by atoms with Crippen LogP contribution in [0.2, 0.25) is 0 Å². The van der Waals surface area contributed by atoms with Gasteiger partial charge in [-0.2, -0.15) is 5.10 Å². The molecule has 0 radical (unpaired) electrons. The third kappa shape index (κ3) is 3.42. The highest BCUT2D eigenvalue weighted by atomic mass is 16.6. The second-order valence-electron chi connectivity index (χ2n) is 6.10. The maximum absolute atomic E-state index is 12.1. The summed E-state index contributed by atoms with van der Waals surface area (Å²) in [5, 5.41) is 9.65. The molecular weight excluding hydrogens is 324 g/mol. The number of amides is 2. The van der Waals surface area contributed by atoms with E-state index in [2.05, 4.69) is 15.7 Å². The van der Waals surface area contributed by atoms with Crippen molar-refractivity contribution in [2.45, 2.75) is 31.5 Å². The summed E-state index contributed by atoms with van der Waals surface area (Å²) in [5.41, 5.74) is 0.586. The van der Waals surface area contributed by atoms with Gasteiger partial charge < -0.3 is 20.1 Å². The van der Waals surface area contributed by atoms with Gasteiger partial charge in [0.2, 0.25) is 11.8 Å². The molecule has 2 aliphatic rings. The number of para-hydroxylation sites is 2. The summed E-state index contributed by atoms with van der Waals surface area (Å²) in [6.45, 7) is 0.942. The monoisotopic (exact) mass is 342 g/mol. The van der Waals surface area contributed by atoms with Crippen LogP contribution in [0, 0.1) is 0 Å². The number of nitrogens with one attached hydrogen (secondary N) is 2. The molecule has 0 spiro atoms. The minimum atomic E-state index is -0.470. The van der Waals surface area contributed by atoms with Crippen molar-refractivity contribution in [3.05, 3.63) is 36.7 Å². The zero-order chi connectivity index (χ0) is 17.2. The lowest BCUT2D eigenvalue weighted by atomic mass is 10.2. The molecule has 3 heterocycles.